The van der Waals surface area contributed by atoms with Crippen LogP contribution in [-0.4, -0.2) is 67.9 Å². The van der Waals surface area contributed by atoms with E-state index in [4.69, 9.17) is 9.68 Å². The lowest BCUT2D eigenvalue weighted by atomic mass is 9.92. The van der Waals surface area contributed by atoms with Crippen LogP contribution in [0.3, 0.4) is 0 Å². The lowest BCUT2D eigenvalue weighted by molar-refractivity contribution is -0.298. The molecule has 26 heavy (non-hydrogen) atoms. The summed E-state index contributed by atoms with van der Waals surface area (Å²) in [6, 6.07) is 0.269. The van der Waals surface area contributed by atoms with Gasteiger partial charge in [0.05, 0.1) is 24.3 Å². The molecule has 0 saturated carbocycles. The first-order valence-corrected chi connectivity index (χ1v) is 9.62. The third kappa shape index (κ3) is 4.06. The second kappa shape index (κ2) is 7.00. The molecule has 6 nitrogen and oxygen atoms in total. The fourth-order valence-electron chi connectivity index (χ4n) is 3.93. The SMILES string of the molecule is CC(C)(C)N1OC2C=CC1C(O)C2.CC(C)(C)N1OC2C=CC1CC2O. The summed E-state index contributed by atoms with van der Waals surface area (Å²) in [7, 11) is 0. The summed E-state index contributed by atoms with van der Waals surface area (Å²) in [5.41, 5.74) is -0.0388. The van der Waals surface area contributed by atoms with Crippen molar-refractivity contribution in [3.63, 3.8) is 0 Å². The average Bonchev–Trinajstić information content (AvgIpc) is 2.54. The van der Waals surface area contributed by atoms with E-state index < -0.39 is 0 Å². The highest BCUT2D eigenvalue weighted by Crippen LogP contribution is 2.34. The molecule has 4 heterocycles. The van der Waals surface area contributed by atoms with Gasteiger partial charge in [-0.2, -0.15) is 10.1 Å². The van der Waals surface area contributed by atoms with Gasteiger partial charge < -0.3 is 10.2 Å². The van der Waals surface area contributed by atoms with E-state index in [1.165, 1.54) is 0 Å². The maximum Gasteiger partial charge on any atom is 0.123 e. The smallest absolute Gasteiger partial charge is 0.123 e. The summed E-state index contributed by atoms with van der Waals surface area (Å²) in [5, 5.41) is 23.2. The first-order valence-electron chi connectivity index (χ1n) is 9.62. The normalized spacial score (nSPS) is 39.8. The van der Waals surface area contributed by atoms with Crippen molar-refractivity contribution in [2.75, 3.05) is 0 Å². The Morgan fingerprint density at radius 1 is 0.769 bits per heavy atom. The number of aliphatic hydroxyl groups excluding tert-OH is 2. The van der Waals surface area contributed by atoms with Crippen molar-refractivity contribution in [3.05, 3.63) is 24.3 Å². The van der Waals surface area contributed by atoms with Gasteiger partial charge in [0.1, 0.15) is 12.2 Å². The van der Waals surface area contributed by atoms with Crippen LogP contribution in [0.15, 0.2) is 24.3 Å². The third-order valence-corrected chi connectivity index (χ3v) is 5.15. The molecule has 2 saturated heterocycles. The molecule has 4 bridgehead atoms. The Balaban J connectivity index is 0.000000151. The molecule has 2 aliphatic carbocycles. The molecule has 6 unspecified atom stereocenters. The minimum absolute atomic E-state index is 0.00775. The number of aliphatic hydroxyl groups is 2. The molecule has 0 radical (unpaired) electrons. The molecule has 0 spiro atoms. The molecule has 4 aliphatic heterocycles. The highest BCUT2D eigenvalue weighted by molar-refractivity contribution is 5.12. The fraction of sp³-hybridized carbons (Fsp3) is 0.800. The van der Waals surface area contributed by atoms with Gasteiger partial charge in [-0.05, 0) is 48.0 Å². The fourth-order valence-corrected chi connectivity index (χ4v) is 3.93. The van der Waals surface area contributed by atoms with Gasteiger partial charge in [0, 0.05) is 17.5 Å². The van der Waals surface area contributed by atoms with Crippen LogP contribution in [-0.2, 0) is 9.68 Å². The summed E-state index contributed by atoms with van der Waals surface area (Å²) in [4.78, 5) is 11.4. The second-order valence-electron chi connectivity index (χ2n) is 9.64. The first-order chi connectivity index (χ1) is 12.0. The van der Waals surface area contributed by atoms with E-state index in [-0.39, 0.29) is 47.6 Å². The van der Waals surface area contributed by atoms with E-state index in [9.17, 15) is 10.2 Å². The summed E-state index contributed by atoms with van der Waals surface area (Å²) in [6.45, 7) is 12.6. The summed E-state index contributed by atoms with van der Waals surface area (Å²) >= 11 is 0. The molecule has 6 rings (SSSR count). The molecule has 6 heteroatoms. The Labute approximate surface area is 157 Å². The number of hydrogen-bond acceptors (Lipinski definition) is 6. The van der Waals surface area contributed by atoms with Crippen LogP contribution in [0.4, 0.5) is 0 Å². The summed E-state index contributed by atoms with van der Waals surface area (Å²) in [5.74, 6) is 0. The highest BCUT2D eigenvalue weighted by atomic mass is 16.7. The molecule has 0 aromatic rings. The Hall–Kier alpha value is -0.760. The van der Waals surface area contributed by atoms with Gasteiger partial charge in [-0.1, -0.05) is 24.3 Å². The van der Waals surface area contributed by atoms with Crippen LogP contribution in [0.5, 0.6) is 0 Å². The Kier molecular flexibility index (Phi) is 5.38. The average molecular weight is 367 g/mol. The molecule has 2 N–H and O–H groups in total. The van der Waals surface area contributed by atoms with Gasteiger partial charge >= 0.3 is 0 Å². The zero-order valence-corrected chi connectivity index (χ0v) is 16.8. The predicted molar refractivity (Wildman–Crippen MR) is 100 cm³/mol. The van der Waals surface area contributed by atoms with Crippen molar-refractivity contribution < 1.29 is 19.9 Å². The Morgan fingerprint density at radius 3 is 1.81 bits per heavy atom. The van der Waals surface area contributed by atoms with Crippen molar-refractivity contribution >= 4 is 0 Å². The zero-order valence-electron chi connectivity index (χ0n) is 16.8. The zero-order chi connectivity index (χ0) is 19.3. The van der Waals surface area contributed by atoms with Crippen molar-refractivity contribution in [3.8, 4) is 0 Å². The summed E-state index contributed by atoms with van der Waals surface area (Å²) in [6.07, 6.45) is 9.03. The lowest BCUT2D eigenvalue weighted by Crippen LogP contribution is -2.59. The van der Waals surface area contributed by atoms with Gasteiger partial charge in [0.25, 0.3) is 0 Å². The van der Waals surface area contributed by atoms with Crippen LogP contribution in [0.25, 0.3) is 0 Å². The molecule has 6 atom stereocenters. The number of nitrogens with zero attached hydrogens (tertiary/aromatic N) is 2. The maximum atomic E-state index is 9.76. The minimum Gasteiger partial charge on any atom is -0.391 e. The standard InChI is InChI=1S/2C10H17NO2/c1-10(2,3)11-7-4-5-9(13-11)8(12)6-7;1-10(2,3)11-8-5-4-7(13-11)6-9(8)12/h2*4-5,7-9,12H,6H2,1-3H3. The van der Waals surface area contributed by atoms with Crippen LogP contribution in [0.1, 0.15) is 54.4 Å². The van der Waals surface area contributed by atoms with Crippen LogP contribution < -0.4 is 0 Å². The van der Waals surface area contributed by atoms with E-state index in [2.05, 4.69) is 47.6 Å². The topological polar surface area (TPSA) is 65.4 Å². The molecular formula is C20H34N2O4. The number of rotatable bonds is 0. The van der Waals surface area contributed by atoms with Crippen LogP contribution in [0.2, 0.25) is 0 Å². The largest absolute Gasteiger partial charge is 0.391 e. The van der Waals surface area contributed by atoms with E-state index in [1.54, 1.807) is 0 Å². The number of fused-ring (bicyclic) bond motifs is 4. The molecule has 148 valence electrons. The first kappa shape index (κ1) is 20.0. The van der Waals surface area contributed by atoms with Crippen molar-refractivity contribution in [1.29, 1.82) is 0 Å². The monoisotopic (exact) mass is 366 g/mol. The minimum atomic E-state index is -0.325. The van der Waals surface area contributed by atoms with E-state index in [1.807, 2.05) is 28.4 Å². The molecule has 0 amide bonds. The van der Waals surface area contributed by atoms with Crippen LogP contribution >= 0.6 is 0 Å². The van der Waals surface area contributed by atoms with Gasteiger partial charge in [0.15, 0.2) is 0 Å². The van der Waals surface area contributed by atoms with E-state index >= 15 is 0 Å². The molecule has 6 aliphatic rings. The predicted octanol–water partition coefficient (Wildman–Crippen LogP) is 2.18. The van der Waals surface area contributed by atoms with Crippen molar-refractivity contribution in [2.24, 2.45) is 0 Å². The molecule has 0 aromatic carbocycles. The van der Waals surface area contributed by atoms with Gasteiger partial charge in [-0.15, -0.1) is 0 Å². The van der Waals surface area contributed by atoms with Crippen LogP contribution in [0, 0.1) is 0 Å². The second-order valence-corrected chi connectivity index (χ2v) is 9.64. The number of hydrogen-bond donors (Lipinski definition) is 2. The lowest BCUT2D eigenvalue weighted by Gasteiger charge is -2.49. The molecular weight excluding hydrogens is 332 g/mol. The third-order valence-electron chi connectivity index (χ3n) is 5.15. The van der Waals surface area contributed by atoms with E-state index in [0.29, 0.717) is 0 Å². The van der Waals surface area contributed by atoms with Crippen molar-refractivity contribution in [1.82, 2.24) is 10.1 Å². The van der Waals surface area contributed by atoms with Gasteiger partial charge in [-0.25, -0.2) is 0 Å². The Morgan fingerprint density at radius 2 is 1.42 bits per heavy atom. The molecule has 2 fully saturated rings. The van der Waals surface area contributed by atoms with Crippen molar-refractivity contribution in [2.45, 2.75) is 102 Å². The summed E-state index contributed by atoms with van der Waals surface area (Å²) < 4.78 is 0. The quantitative estimate of drug-likeness (QED) is 0.641. The molecule has 0 aromatic heterocycles. The Bertz CT molecular complexity index is 563. The number of hydroxylamine groups is 4. The van der Waals surface area contributed by atoms with E-state index in [0.717, 1.165) is 12.8 Å². The highest BCUT2D eigenvalue weighted by Gasteiger charge is 2.43. The van der Waals surface area contributed by atoms with Gasteiger partial charge in [0.2, 0.25) is 0 Å². The van der Waals surface area contributed by atoms with Gasteiger partial charge in [-0.3, -0.25) is 9.68 Å². The maximum absolute atomic E-state index is 9.76.